The molecule has 0 aliphatic heterocycles. The standard InChI is InChI=1S/C63H43NO2/c1-63(2)56-35-31-43(38-55(56)51-34-30-45(39-57(51)63)50-23-12-24-53-52-20-6-8-25-58(52)66-62(50)53)41-28-32-46(33-29-41)64(47-18-10-16-42(36-47)40-14-4-3-5-15-40)48-19-11-17-44(37-48)49-22-13-27-60-61(49)54-21-7-9-26-59(54)65-60/h3-39H,1-2H3. The molecule has 0 radical (unpaired) electrons. The molecule has 3 nitrogen and oxygen atoms in total. The van der Waals surface area contributed by atoms with Crippen LogP contribution in [0, 0.1) is 0 Å². The van der Waals surface area contributed by atoms with Crippen molar-refractivity contribution in [2.75, 3.05) is 4.90 Å². The molecule has 0 spiro atoms. The quantitative estimate of drug-likeness (QED) is 0.160. The van der Waals surface area contributed by atoms with Crippen molar-refractivity contribution in [1.82, 2.24) is 0 Å². The Balaban J connectivity index is 0.885. The highest BCUT2D eigenvalue weighted by Crippen LogP contribution is 2.51. The van der Waals surface area contributed by atoms with Crippen molar-refractivity contribution in [3.63, 3.8) is 0 Å². The van der Waals surface area contributed by atoms with Gasteiger partial charge >= 0.3 is 0 Å². The molecule has 0 amide bonds. The second kappa shape index (κ2) is 14.8. The summed E-state index contributed by atoms with van der Waals surface area (Å²) in [6, 6.07) is 80.9. The molecule has 12 aromatic rings. The predicted molar refractivity (Wildman–Crippen MR) is 275 cm³/mol. The van der Waals surface area contributed by atoms with Crippen LogP contribution in [0.15, 0.2) is 233 Å². The van der Waals surface area contributed by atoms with Crippen molar-refractivity contribution in [1.29, 1.82) is 0 Å². The molecule has 0 saturated carbocycles. The van der Waals surface area contributed by atoms with E-state index in [1.807, 2.05) is 18.2 Å². The normalized spacial score (nSPS) is 12.8. The minimum absolute atomic E-state index is 0.162. The van der Waals surface area contributed by atoms with E-state index in [1.54, 1.807) is 0 Å². The fourth-order valence-electron chi connectivity index (χ4n) is 10.6. The van der Waals surface area contributed by atoms with Gasteiger partial charge in [-0.05, 0) is 128 Å². The SMILES string of the molecule is CC1(C)c2ccc(-c3ccc(N(c4cccc(-c5ccccc5)c4)c4cccc(-c5cccc6oc7ccccc7c56)c4)cc3)cc2-c2ccc(-c3cccc4c3oc3ccccc34)cc21. The Labute approximate surface area is 383 Å². The molecule has 0 atom stereocenters. The summed E-state index contributed by atoms with van der Waals surface area (Å²) < 4.78 is 12.8. The first-order valence-corrected chi connectivity index (χ1v) is 22.7. The van der Waals surface area contributed by atoms with Crippen LogP contribution in [0.5, 0.6) is 0 Å². The van der Waals surface area contributed by atoms with Gasteiger partial charge in [0.1, 0.15) is 22.3 Å². The molecular weight excluding hydrogens is 803 g/mol. The number of nitrogens with zero attached hydrogens (tertiary/aromatic N) is 1. The molecule has 0 unspecified atom stereocenters. The summed E-state index contributed by atoms with van der Waals surface area (Å²) in [4.78, 5) is 2.37. The fraction of sp³-hybridized carbons (Fsp3) is 0.0476. The molecule has 0 N–H and O–H groups in total. The third-order valence-corrected chi connectivity index (χ3v) is 13.9. The summed E-state index contributed by atoms with van der Waals surface area (Å²) >= 11 is 0. The lowest BCUT2D eigenvalue weighted by Gasteiger charge is -2.27. The van der Waals surface area contributed by atoms with Gasteiger partial charge in [0.15, 0.2) is 0 Å². The van der Waals surface area contributed by atoms with Gasteiger partial charge in [-0.3, -0.25) is 0 Å². The molecular formula is C63H43NO2. The summed E-state index contributed by atoms with van der Waals surface area (Å²) in [5.74, 6) is 0. The maximum Gasteiger partial charge on any atom is 0.143 e. The van der Waals surface area contributed by atoms with Crippen molar-refractivity contribution in [3.8, 4) is 55.6 Å². The largest absolute Gasteiger partial charge is 0.456 e. The minimum atomic E-state index is -0.162. The second-order valence-electron chi connectivity index (χ2n) is 18.1. The fourth-order valence-corrected chi connectivity index (χ4v) is 10.6. The van der Waals surface area contributed by atoms with Crippen molar-refractivity contribution in [2.45, 2.75) is 19.3 Å². The van der Waals surface area contributed by atoms with E-state index in [4.69, 9.17) is 8.83 Å². The molecule has 66 heavy (non-hydrogen) atoms. The Morgan fingerprint density at radius 2 is 0.879 bits per heavy atom. The average molecular weight is 846 g/mol. The monoisotopic (exact) mass is 845 g/mol. The van der Waals surface area contributed by atoms with Gasteiger partial charge in [-0.25, -0.2) is 0 Å². The van der Waals surface area contributed by atoms with Crippen LogP contribution < -0.4 is 4.90 Å². The number of para-hydroxylation sites is 3. The van der Waals surface area contributed by atoms with E-state index < -0.39 is 0 Å². The maximum absolute atomic E-state index is 6.47. The van der Waals surface area contributed by atoms with Gasteiger partial charge in [0, 0.05) is 49.6 Å². The molecule has 2 aromatic heterocycles. The van der Waals surface area contributed by atoms with Crippen LogP contribution in [0.2, 0.25) is 0 Å². The number of anilines is 3. The zero-order valence-corrected chi connectivity index (χ0v) is 36.6. The van der Waals surface area contributed by atoms with E-state index in [2.05, 4.69) is 225 Å². The first-order chi connectivity index (χ1) is 32.5. The zero-order valence-electron chi connectivity index (χ0n) is 36.6. The van der Waals surface area contributed by atoms with Crippen molar-refractivity contribution in [3.05, 3.63) is 236 Å². The van der Waals surface area contributed by atoms with Gasteiger partial charge < -0.3 is 13.7 Å². The Kier molecular flexibility index (Phi) is 8.56. The van der Waals surface area contributed by atoms with E-state index in [0.29, 0.717) is 0 Å². The lowest BCUT2D eigenvalue weighted by molar-refractivity contribution is 0.660. The van der Waals surface area contributed by atoms with Crippen LogP contribution >= 0.6 is 0 Å². The van der Waals surface area contributed by atoms with Crippen LogP contribution in [0.25, 0.3) is 99.5 Å². The predicted octanol–water partition coefficient (Wildman–Crippen LogP) is 17.9. The zero-order chi connectivity index (χ0) is 43.9. The van der Waals surface area contributed by atoms with Gasteiger partial charge in [-0.2, -0.15) is 0 Å². The van der Waals surface area contributed by atoms with Crippen LogP contribution in [0.4, 0.5) is 17.1 Å². The topological polar surface area (TPSA) is 29.5 Å². The summed E-state index contributed by atoms with van der Waals surface area (Å²) in [7, 11) is 0. The Bertz CT molecular complexity index is 3850. The molecule has 0 bridgehead atoms. The van der Waals surface area contributed by atoms with Gasteiger partial charge in [-0.1, -0.05) is 172 Å². The Hall–Kier alpha value is -8.40. The number of benzene rings is 10. The van der Waals surface area contributed by atoms with Crippen LogP contribution in [-0.4, -0.2) is 0 Å². The van der Waals surface area contributed by atoms with Crippen LogP contribution in [0.3, 0.4) is 0 Å². The number of furan rings is 2. The summed E-state index contributed by atoms with van der Waals surface area (Å²) in [5.41, 5.74) is 21.3. The van der Waals surface area contributed by atoms with Gasteiger partial charge in [-0.15, -0.1) is 0 Å². The molecule has 13 rings (SSSR count). The Morgan fingerprint density at radius 1 is 0.318 bits per heavy atom. The first kappa shape index (κ1) is 38.1. The van der Waals surface area contributed by atoms with Crippen molar-refractivity contribution in [2.24, 2.45) is 0 Å². The van der Waals surface area contributed by atoms with E-state index in [1.165, 1.54) is 50.1 Å². The lowest BCUT2D eigenvalue weighted by Crippen LogP contribution is -2.15. The third kappa shape index (κ3) is 6.04. The molecule has 2 heterocycles. The molecule has 1 aliphatic rings. The minimum Gasteiger partial charge on any atom is -0.456 e. The van der Waals surface area contributed by atoms with Crippen molar-refractivity contribution < 1.29 is 8.83 Å². The molecule has 3 heteroatoms. The van der Waals surface area contributed by atoms with Crippen LogP contribution in [0.1, 0.15) is 25.0 Å². The third-order valence-electron chi connectivity index (χ3n) is 13.9. The lowest BCUT2D eigenvalue weighted by atomic mass is 9.81. The highest BCUT2D eigenvalue weighted by Gasteiger charge is 2.36. The van der Waals surface area contributed by atoms with Gasteiger partial charge in [0.25, 0.3) is 0 Å². The van der Waals surface area contributed by atoms with E-state index in [0.717, 1.165) is 77.6 Å². The van der Waals surface area contributed by atoms with Crippen molar-refractivity contribution >= 4 is 60.9 Å². The van der Waals surface area contributed by atoms with E-state index in [-0.39, 0.29) is 5.41 Å². The summed E-state index contributed by atoms with van der Waals surface area (Å²) in [6.45, 7) is 4.71. The number of hydrogen-bond acceptors (Lipinski definition) is 3. The average Bonchev–Trinajstić information content (AvgIpc) is 4.02. The van der Waals surface area contributed by atoms with E-state index in [9.17, 15) is 0 Å². The smallest absolute Gasteiger partial charge is 0.143 e. The second-order valence-corrected chi connectivity index (χ2v) is 18.1. The van der Waals surface area contributed by atoms with Crippen LogP contribution in [-0.2, 0) is 5.41 Å². The number of rotatable bonds is 7. The molecule has 0 fully saturated rings. The maximum atomic E-state index is 6.47. The molecule has 0 saturated heterocycles. The molecule has 1 aliphatic carbocycles. The summed E-state index contributed by atoms with van der Waals surface area (Å²) in [5, 5.41) is 4.55. The highest BCUT2D eigenvalue weighted by atomic mass is 16.3. The van der Waals surface area contributed by atoms with Gasteiger partial charge in [0.05, 0.1) is 0 Å². The highest BCUT2D eigenvalue weighted by molar-refractivity contribution is 6.13. The summed E-state index contributed by atoms with van der Waals surface area (Å²) in [6.07, 6.45) is 0. The van der Waals surface area contributed by atoms with E-state index >= 15 is 0 Å². The van der Waals surface area contributed by atoms with Gasteiger partial charge in [0.2, 0.25) is 0 Å². The number of fused-ring (bicyclic) bond motifs is 9. The number of hydrogen-bond donors (Lipinski definition) is 0. The molecule has 312 valence electrons. The first-order valence-electron chi connectivity index (χ1n) is 22.7. The Morgan fingerprint density at radius 3 is 1.70 bits per heavy atom. The molecule has 10 aromatic carbocycles.